The average molecular weight is 282 g/mol. The van der Waals surface area contributed by atoms with Crippen molar-refractivity contribution >= 4 is 5.97 Å². The second kappa shape index (κ2) is 7.50. The van der Waals surface area contributed by atoms with Gasteiger partial charge < -0.3 is 10.4 Å². The second-order valence-electron chi connectivity index (χ2n) is 6.25. The molecule has 0 aromatic rings. The van der Waals surface area contributed by atoms with Gasteiger partial charge in [-0.15, -0.1) is 0 Å². The summed E-state index contributed by atoms with van der Waals surface area (Å²) in [6, 6.07) is 0. The van der Waals surface area contributed by atoms with E-state index < -0.39 is 11.5 Å². The Bertz CT molecular complexity index is 379. The highest BCUT2D eigenvalue weighted by atomic mass is 16.4. The minimum atomic E-state index is -0.831. The van der Waals surface area contributed by atoms with Crippen LogP contribution in [0.4, 0.5) is 0 Å². The molecule has 0 bridgehead atoms. The third-order valence-corrected chi connectivity index (χ3v) is 4.40. The van der Waals surface area contributed by atoms with Gasteiger partial charge in [0.2, 0.25) is 0 Å². The van der Waals surface area contributed by atoms with Crippen LogP contribution in [0.25, 0.3) is 10.4 Å². The summed E-state index contributed by atoms with van der Waals surface area (Å²) in [5.74, 6) is 0.163. The topological polar surface area (TPSA) is 98.1 Å². The van der Waals surface area contributed by atoms with Crippen molar-refractivity contribution in [1.82, 2.24) is 5.32 Å². The van der Waals surface area contributed by atoms with Crippen LogP contribution in [0.3, 0.4) is 0 Å². The first-order valence-corrected chi connectivity index (χ1v) is 7.43. The first kappa shape index (κ1) is 16.8. The van der Waals surface area contributed by atoms with Crippen LogP contribution in [0.5, 0.6) is 0 Å². The fourth-order valence-corrected chi connectivity index (χ4v) is 3.45. The fraction of sp³-hybridized carbons (Fsp3) is 0.929. The zero-order valence-corrected chi connectivity index (χ0v) is 12.7. The van der Waals surface area contributed by atoms with Gasteiger partial charge >= 0.3 is 5.97 Å². The molecule has 0 saturated heterocycles. The highest BCUT2D eigenvalue weighted by molar-refractivity contribution is 5.79. The number of hydrogen-bond acceptors (Lipinski definition) is 3. The molecule has 1 saturated carbocycles. The smallest absolute Gasteiger partial charge is 0.324 e. The number of aliphatic carboxylic acids is 1. The maximum absolute atomic E-state index is 11.9. The highest BCUT2D eigenvalue weighted by Crippen LogP contribution is 2.41. The monoisotopic (exact) mass is 282 g/mol. The van der Waals surface area contributed by atoms with Gasteiger partial charge in [-0.05, 0) is 49.1 Å². The van der Waals surface area contributed by atoms with Gasteiger partial charge in [0.1, 0.15) is 5.54 Å². The van der Waals surface area contributed by atoms with Gasteiger partial charge in [-0.3, -0.25) is 4.79 Å². The van der Waals surface area contributed by atoms with Crippen LogP contribution >= 0.6 is 0 Å². The molecule has 20 heavy (non-hydrogen) atoms. The van der Waals surface area contributed by atoms with Crippen LogP contribution in [0.15, 0.2) is 5.11 Å². The SMILES string of the molecule is CC1CCC(C(C)C)C(NCCCN=[N+]=[N-])(C(=O)O)C1. The fourth-order valence-electron chi connectivity index (χ4n) is 3.45. The third kappa shape index (κ3) is 3.87. The van der Waals surface area contributed by atoms with Crippen molar-refractivity contribution in [2.45, 2.75) is 52.0 Å². The normalized spacial score (nSPS) is 30.0. The van der Waals surface area contributed by atoms with E-state index in [0.29, 0.717) is 37.8 Å². The Hall–Kier alpha value is -1.26. The molecule has 0 aliphatic heterocycles. The van der Waals surface area contributed by atoms with Crippen LogP contribution in [0.1, 0.15) is 46.5 Å². The molecule has 0 spiro atoms. The van der Waals surface area contributed by atoms with Gasteiger partial charge in [0.25, 0.3) is 0 Å². The maximum atomic E-state index is 11.9. The molecule has 2 N–H and O–H groups in total. The van der Waals surface area contributed by atoms with Crippen LogP contribution < -0.4 is 5.32 Å². The predicted molar refractivity (Wildman–Crippen MR) is 78.3 cm³/mol. The van der Waals surface area contributed by atoms with E-state index in [1.807, 2.05) is 0 Å². The van der Waals surface area contributed by atoms with Crippen molar-refractivity contribution in [2.24, 2.45) is 22.9 Å². The van der Waals surface area contributed by atoms with E-state index in [2.05, 4.69) is 36.1 Å². The molecule has 0 radical (unpaired) electrons. The zero-order valence-electron chi connectivity index (χ0n) is 12.7. The Morgan fingerprint density at radius 3 is 2.80 bits per heavy atom. The number of carbonyl (C=O) groups is 1. The Balaban J connectivity index is 2.79. The van der Waals surface area contributed by atoms with E-state index >= 15 is 0 Å². The van der Waals surface area contributed by atoms with Crippen molar-refractivity contribution in [2.75, 3.05) is 13.1 Å². The Kier molecular flexibility index (Phi) is 6.30. The molecule has 3 atom stereocenters. The molecule has 0 heterocycles. The summed E-state index contributed by atoms with van der Waals surface area (Å²) in [5, 5.41) is 16.5. The molecular formula is C14H26N4O2. The van der Waals surface area contributed by atoms with E-state index in [1.165, 1.54) is 0 Å². The summed E-state index contributed by atoms with van der Waals surface area (Å²) in [6.45, 7) is 7.29. The minimum absolute atomic E-state index is 0.149. The summed E-state index contributed by atoms with van der Waals surface area (Å²) in [5.41, 5.74) is 7.42. The lowest BCUT2D eigenvalue weighted by molar-refractivity contribution is -0.151. The Morgan fingerprint density at radius 1 is 1.55 bits per heavy atom. The largest absolute Gasteiger partial charge is 0.480 e. The molecule has 0 aromatic carbocycles. The molecule has 3 unspecified atom stereocenters. The number of azide groups is 1. The number of rotatable bonds is 7. The van der Waals surface area contributed by atoms with Gasteiger partial charge in [0.05, 0.1) is 0 Å². The van der Waals surface area contributed by atoms with Gasteiger partial charge in [0, 0.05) is 11.5 Å². The van der Waals surface area contributed by atoms with Crippen LogP contribution in [-0.4, -0.2) is 29.7 Å². The first-order valence-electron chi connectivity index (χ1n) is 7.43. The predicted octanol–water partition coefficient (Wildman–Crippen LogP) is 3.19. The highest BCUT2D eigenvalue weighted by Gasteiger charge is 2.49. The molecule has 1 aliphatic rings. The molecule has 6 heteroatoms. The molecule has 6 nitrogen and oxygen atoms in total. The molecule has 0 aromatic heterocycles. The molecule has 1 aliphatic carbocycles. The zero-order chi connectivity index (χ0) is 15.2. The Labute approximate surface area is 120 Å². The van der Waals surface area contributed by atoms with E-state index in [4.69, 9.17) is 5.53 Å². The minimum Gasteiger partial charge on any atom is -0.480 e. The third-order valence-electron chi connectivity index (χ3n) is 4.40. The van der Waals surface area contributed by atoms with Gasteiger partial charge in [0.15, 0.2) is 0 Å². The van der Waals surface area contributed by atoms with Gasteiger partial charge in [-0.25, -0.2) is 0 Å². The van der Waals surface area contributed by atoms with Crippen molar-refractivity contribution in [3.8, 4) is 0 Å². The summed E-state index contributed by atoms with van der Waals surface area (Å²) in [6.07, 6.45) is 3.39. The molecule has 0 amide bonds. The lowest BCUT2D eigenvalue weighted by atomic mass is 9.65. The van der Waals surface area contributed by atoms with Crippen molar-refractivity contribution < 1.29 is 9.90 Å². The van der Waals surface area contributed by atoms with Crippen molar-refractivity contribution in [3.05, 3.63) is 10.4 Å². The first-order chi connectivity index (χ1) is 9.44. The lowest BCUT2D eigenvalue weighted by Gasteiger charge is -2.46. The van der Waals surface area contributed by atoms with E-state index in [1.54, 1.807) is 0 Å². The standard InChI is InChI=1S/C14H26N4O2/c1-10(2)12-6-5-11(3)9-14(12,13(19)20)16-7-4-8-17-18-15/h10-12,16H,4-9H2,1-3H3,(H,19,20). The summed E-state index contributed by atoms with van der Waals surface area (Å²) in [4.78, 5) is 14.6. The summed E-state index contributed by atoms with van der Waals surface area (Å²) < 4.78 is 0. The average Bonchev–Trinajstić information content (AvgIpc) is 2.37. The van der Waals surface area contributed by atoms with Crippen LogP contribution in [0, 0.1) is 17.8 Å². The van der Waals surface area contributed by atoms with Gasteiger partial charge in [-0.1, -0.05) is 32.3 Å². The van der Waals surface area contributed by atoms with E-state index in [-0.39, 0.29) is 5.92 Å². The van der Waals surface area contributed by atoms with Crippen LogP contribution in [0.2, 0.25) is 0 Å². The van der Waals surface area contributed by atoms with Crippen LogP contribution in [-0.2, 0) is 4.79 Å². The molecule has 1 rings (SSSR count). The number of hydrogen-bond donors (Lipinski definition) is 2. The van der Waals surface area contributed by atoms with E-state index in [9.17, 15) is 9.90 Å². The quantitative estimate of drug-likeness (QED) is 0.324. The number of nitrogens with one attached hydrogen (secondary N) is 1. The summed E-state index contributed by atoms with van der Waals surface area (Å²) >= 11 is 0. The number of nitrogens with zero attached hydrogens (tertiary/aromatic N) is 3. The van der Waals surface area contributed by atoms with E-state index in [0.717, 1.165) is 12.8 Å². The maximum Gasteiger partial charge on any atom is 0.324 e. The second-order valence-corrected chi connectivity index (χ2v) is 6.25. The van der Waals surface area contributed by atoms with Gasteiger partial charge in [-0.2, -0.15) is 0 Å². The number of carboxylic acids is 1. The molecule has 114 valence electrons. The number of carboxylic acid groups (broad SMARTS) is 1. The molecule has 1 fully saturated rings. The van der Waals surface area contributed by atoms with Crippen molar-refractivity contribution in [3.63, 3.8) is 0 Å². The summed E-state index contributed by atoms with van der Waals surface area (Å²) in [7, 11) is 0. The van der Waals surface area contributed by atoms with Crippen molar-refractivity contribution in [1.29, 1.82) is 0 Å². The lowest BCUT2D eigenvalue weighted by Crippen LogP contribution is -2.61. The molecular weight excluding hydrogens is 256 g/mol. The Morgan fingerprint density at radius 2 is 2.25 bits per heavy atom.